The zero-order valence-corrected chi connectivity index (χ0v) is 16.8. The second-order valence-corrected chi connectivity index (χ2v) is 7.37. The molecule has 0 aromatic heterocycles. The highest BCUT2D eigenvalue weighted by Crippen LogP contribution is 2.42. The molecule has 0 aliphatic rings. The molecule has 0 heterocycles. The summed E-state index contributed by atoms with van der Waals surface area (Å²) in [6.45, 7) is 5.53. The van der Waals surface area contributed by atoms with E-state index in [1.165, 1.54) is 12.1 Å². The lowest BCUT2D eigenvalue weighted by Gasteiger charge is -2.25. The van der Waals surface area contributed by atoms with Gasteiger partial charge >= 0.3 is 5.97 Å². The molecule has 5 heteroatoms. The Morgan fingerprint density at radius 3 is 2.21 bits per heavy atom. The van der Waals surface area contributed by atoms with E-state index < -0.39 is 5.97 Å². The largest absolute Gasteiger partial charge is 0.507 e. The number of aliphatic hydroxyl groups excluding tert-OH is 1. The van der Waals surface area contributed by atoms with Gasteiger partial charge in [0.05, 0.1) is 6.61 Å². The molecule has 2 aromatic carbocycles. The van der Waals surface area contributed by atoms with Gasteiger partial charge in [0.1, 0.15) is 11.6 Å². The second-order valence-electron chi connectivity index (χ2n) is 7.37. The third-order valence-corrected chi connectivity index (χ3v) is 5.64. The van der Waals surface area contributed by atoms with Crippen LogP contribution < -0.4 is 0 Å². The zero-order valence-electron chi connectivity index (χ0n) is 16.8. The van der Waals surface area contributed by atoms with Crippen molar-refractivity contribution < 1.29 is 24.5 Å². The normalized spacial score (nSPS) is 12.2. The molecular weight excluding hydrogens is 359 g/mol. The lowest BCUT2D eigenvalue weighted by molar-refractivity contribution is -0.137. The van der Waals surface area contributed by atoms with Crippen LogP contribution >= 0.6 is 0 Å². The Bertz CT molecular complexity index is 798. The van der Waals surface area contributed by atoms with Crippen LogP contribution in [0, 0.1) is 26.6 Å². The minimum absolute atomic E-state index is 0.129. The molecule has 0 radical (unpaired) electrons. The van der Waals surface area contributed by atoms with Gasteiger partial charge in [0, 0.05) is 17.9 Å². The number of aromatic hydroxyl groups is 1. The topological polar surface area (TPSA) is 77.8 Å². The van der Waals surface area contributed by atoms with Crippen molar-refractivity contribution in [3.05, 3.63) is 63.5 Å². The summed E-state index contributed by atoms with van der Waals surface area (Å²) < 4.78 is 13.4. The van der Waals surface area contributed by atoms with Gasteiger partial charge in [-0.3, -0.25) is 4.79 Å². The highest BCUT2D eigenvalue weighted by molar-refractivity contribution is 5.66. The molecule has 152 valence electrons. The number of carboxylic acid groups (broad SMARTS) is 1. The van der Waals surface area contributed by atoms with Crippen molar-refractivity contribution in [2.75, 3.05) is 0 Å². The number of carboxylic acids is 1. The van der Waals surface area contributed by atoms with Crippen molar-refractivity contribution in [3.8, 4) is 5.75 Å². The summed E-state index contributed by atoms with van der Waals surface area (Å²) in [7, 11) is 0. The maximum Gasteiger partial charge on any atom is 0.303 e. The second kappa shape index (κ2) is 9.69. The number of rotatable bonds is 9. The molecule has 1 atom stereocenters. The summed E-state index contributed by atoms with van der Waals surface area (Å²) in [5, 5.41) is 29.4. The Morgan fingerprint density at radius 1 is 1.00 bits per heavy atom. The van der Waals surface area contributed by atoms with Gasteiger partial charge in [0.2, 0.25) is 0 Å². The van der Waals surface area contributed by atoms with Gasteiger partial charge in [-0.25, -0.2) is 4.39 Å². The first-order valence-corrected chi connectivity index (χ1v) is 9.67. The summed E-state index contributed by atoms with van der Waals surface area (Å²) in [6, 6.07) is 6.31. The molecule has 4 nitrogen and oxygen atoms in total. The van der Waals surface area contributed by atoms with Crippen molar-refractivity contribution in [2.45, 2.75) is 65.4 Å². The van der Waals surface area contributed by atoms with E-state index in [-0.39, 0.29) is 30.5 Å². The van der Waals surface area contributed by atoms with E-state index in [4.69, 9.17) is 5.11 Å². The van der Waals surface area contributed by atoms with Crippen LogP contribution in [0.2, 0.25) is 0 Å². The Hall–Kier alpha value is -2.40. The molecule has 0 aliphatic carbocycles. The zero-order chi connectivity index (χ0) is 20.8. The van der Waals surface area contributed by atoms with Gasteiger partial charge in [0.15, 0.2) is 0 Å². The smallest absolute Gasteiger partial charge is 0.303 e. The van der Waals surface area contributed by atoms with Crippen LogP contribution in [-0.2, 0) is 11.4 Å². The fourth-order valence-corrected chi connectivity index (χ4v) is 3.87. The number of halogens is 1. The number of aliphatic carboxylic acids is 1. The average Bonchev–Trinajstić information content (AvgIpc) is 2.66. The fourth-order valence-electron chi connectivity index (χ4n) is 3.87. The van der Waals surface area contributed by atoms with Gasteiger partial charge in [0.25, 0.3) is 0 Å². The Kier molecular flexibility index (Phi) is 7.58. The van der Waals surface area contributed by atoms with Gasteiger partial charge in [-0.05, 0) is 73.6 Å². The highest BCUT2D eigenvalue weighted by Gasteiger charge is 2.24. The van der Waals surface area contributed by atoms with Gasteiger partial charge < -0.3 is 15.3 Å². The van der Waals surface area contributed by atoms with Gasteiger partial charge in [-0.1, -0.05) is 25.0 Å². The number of benzene rings is 2. The SMILES string of the molecule is Cc1c(C)c(C(CCCCCC(=O)O)c2ccc(F)cc2)c(O)c(C)c1CO. The molecular formula is C23H29FO4. The van der Waals surface area contributed by atoms with Crippen molar-refractivity contribution in [3.63, 3.8) is 0 Å². The molecule has 0 fully saturated rings. The molecule has 0 aliphatic heterocycles. The van der Waals surface area contributed by atoms with Crippen LogP contribution in [0.15, 0.2) is 24.3 Å². The van der Waals surface area contributed by atoms with E-state index in [0.717, 1.165) is 47.1 Å². The molecule has 1 unspecified atom stereocenters. The number of unbranched alkanes of at least 4 members (excludes halogenated alkanes) is 2. The molecule has 0 amide bonds. The average molecular weight is 388 g/mol. The maximum absolute atomic E-state index is 13.4. The first-order valence-electron chi connectivity index (χ1n) is 9.67. The summed E-state index contributed by atoms with van der Waals surface area (Å²) in [6.07, 6.45) is 3.05. The predicted molar refractivity (Wildman–Crippen MR) is 107 cm³/mol. The number of hydrogen-bond acceptors (Lipinski definition) is 3. The van der Waals surface area contributed by atoms with Crippen LogP contribution in [0.25, 0.3) is 0 Å². The predicted octanol–water partition coefficient (Wildman–Crippen LogP) is 5.12. The summed E-state index contributed by atoms with van der Waals surface area (Å²) in [5.74, 6) is -1.06. The standard InChI is InChI=1S/C23H29FO4/c1-14-15(2)22(23(28)16(3)20(14)13-25)19(7-5-4-6-8-21(26)27)17-9-11-18(24)12-10-17/h9-12,19,25,28H,4-8,13H2,1-3H3,(H,26,27). The van der Waals surface area contributed by atoms with Gasteiger partial charge in [-0.15, -0.1) is 0 Å². The number of hydrogen-bond donors (Lipinski definition) is 3. The van der Waals surface area contributed by atoms with Crippen molar-refractivity contribution in [1.29, 1.82) is 0 Å². The molecule has 2 aromatic rings. The third-order valence-electron chi connectivity index (χ3n) is 5.64. The van der Waals surface area contributed by atoms with E-state index in [2.05, 4.69) is 0 Å². The summed E-state index contributed by atoms with van der Waals surface area (Å²) in [5.41, 5.74) is 4.99. The van der Waals surface area contributed by atoms with E-state index in [1.54, 1.807) is 19.1 Å². The van der Waals surface area contributed by atoms with Crippen LogP contribution in [0.5, 0.6) is 5.75 Å². The molecule has 3 N–H and O–H groups in total. The van der Waals surface area contributed by atoms with E-state index >= 15 is 0 Å². The minimum Gasteiger partial charge on any atom is -0.507 e. The number of carbonyl (C=O) groups is 1. The fraction of sp³-hybridized carbons (Fsp3) is 0.435. The number of aliphatic hydroxyl groups is 1. The van der Waals surface area contributed by atoms with Crippen LogP contribution in [0.4, 0.5) is 4.39 Å². The molecule has 0 saturated carbocycles. The molecule has 2 rings (SSSR count). The van der Waals surface area contributed by atoms with E-state index in [9.17, 15) is 19.4 Å². The van der Waals surface area contributed by atoms with Crippen molar-refractivity contribution in [2.24, 2.45) is 0 Å². The van der Waals surface area contributed by atoms with E-state index in [1.807, 2.05) is 13.8 Å². The Labute approximate surface area is 165 Å². The Balaban J connectivity index is 2.41. The lowest BCUT2D eigenvalue weighted by atomic mass is 9.80. The molecule has 28 heavy (non-hydrogen) atoms. The van der Waals surface area contributed by atoms with Crippen LogP contribution in [0.1, 0.15) is 71.4 Å². The molecule has 0 bridgehead atoms. The highest BCUT2D eigenvalue weighted by atomic mass is 19.1. The summed E-state index contributed by atoms with van der Waals surface area (Å²) in [4.78, 5) is 10.7. The lowest BCUT2D eigenvalue weighted by Crippen LogP contribution is -2.09. The first-order chi connectivity index (χ1) is 13.3. The number of phenolic OH excluding ortho intramolecular Hbond substituents is 1. The first kappa shape index (κ1) is 21.9. The van der Waals surface area contributed by atoms with E-state index in [0.29, 0.717) is 12.0 Å². The van der Waals surface area contributed by atoms with Crippen LogP contribution in [0.3, 0.4) is 0 Å². The minimum atomic E-state index is -0.797. The maximum atomic E-state index is 13.4. The third kappa shape index (κ3) is 4.90. The number of phenols is 1. The van der Waals surface area contributed by atoms with Crippen molar-refractivity contribution >= 4 is 5.97 Å². The van der Waals surface area contributed by atoms with Crippen molar-refractivity contribution in [1.82, 2.24) is 0 Å². The molecule has 0 saturated heterocycles. The Morgan fingerprint density at radius 2 is 1.64 bits per heavy atom. The molecule has 0 spiro atoms. The summed E-state index contributed by atoms with van der Waals surface area (Å²) >= 11 is 0. The monoisotopic (exact) mass is 388 g/mol. The quantitative estimate of drug-likeness (QED) is 0.521. The van der Waals surface area contributed by atoms with Gasteiger partial charge in [-0.2, -0.15) is 0 Å². The van der Waals surface area contributed by atoms with Crippen LogP contribution in [-0.4, -0.2) is 21.3 Å².